The van der Waals surface area contributed by atoms with E-state index in [1.807, 2.05) is 97.4 Å². The van der Waals surface area contributed by atoms with Crippen LogP contribution in [-0.2, 0) is 16.1 Å². The fraction of sp³-hybridized carbons (Fsp3) is 0.400. The third-order valence-corrected chi connectivity index (χ3v) is 8.90. The molecular formula is C35H43N5O3. The van der Waals surface area contributed by atoms with Crippen molar-refractivity contribution in [3.63, 3.8) is 0 Å². The standard InChI is InChI=1S/C35H43N5O3/c1-4-26(3)33-34(42)37(22-21-30(28-17-11-7-12-18-28)29-19-13-8-14-20-29)24-31-39(33)32(41)25-38(5-2)40(31)35(43)36-23-27-15-9-6-10-16-27/h6-20,26,30-31,33H,4-5,21-25H2,1-3H3,(H,36,43)/t26?,31-,33-/m0/s1. The molecule has 2 aliphatic heterocycles. The number of urea groups is 1. The molecule has 226 valence electrons. The third-order valence-electron chi connectivity index (χ3n) is 8.90. The first-order valence-corrected chi connectivity index (χ1v) is 15.5. The summed E-state index contributed by atoms with van der Waals surface area (Å²) in [6, 6.07) is 29.7. The molecule has 0 saturated carbocycles. The number of nitrogens with one attached hydrogen (secondary N) is 1. The van der Waals surface area contributed by atoms with E-state index in [0.717, 1.165) is 18.4 Å². The van der Waals surface area contributed by atoms with Gasteiger partial charge in [-0.05, 0) is 29.0 Å². The number of likely N-dealkylation sites (N-methyl/N-ethyl adjacent to an activating group) is 1. The maximum atomic E-state index is 14.1. The van der Waals surface area contributed by atoms with Crippen molar-refractivity contribution in [2.45, 2.75) is 58.3 Å². The van der Waals surface area contributed by atoms with Gasteiger partial charge in [-0.2, -0.15) is 0 Å². The van der Waals surface area contributed by atoms with E-state index in [9.17, 15) is 14.4 Å². The van der Waals surface area contributed by atoms with Crippen LogP contribution in [0.15, 0.2) is 91.0 Å². The normalized spacial score (nSPS) is 19.9. The average Bonchev–Trinajstić information content (AvgIpc) is 3.05. The topological polar surface area (TPSA) is 76.2 Å². The number of fused-ring (bicyclic) bond motifs is 1. The SMILES string of the molecule is CCC(C)[C@H]1C(=O)N(CCC(c2ccccc2)c2ccccc2)C[C@H]2N1C(=O)CN(CC)N2C(=O)NCc1ccccc1. The second kappa shape index (κ2) is 13.9. The van der Waals surface area contributed by atoms with Gasteiger partial charge < -0.3 is 15.1 Å². The Morgan fingerprint density at radius 3 is 2.02 bits per heavy atom. The molecule has 8 heteroatoms. The van der Waals surface area contributed by atoms with Crippen LogP contribution < -0.4 is 5.32 Å². The van der Waals surface area contributed by atoms with E-state index in [1.165, 1.54) is 11.1 Å². The van der Waals surface area contributed by atoms with Crippen molar-refractivity contribution in [1.29, 1.82) is 0 Å². The third kappa shape index (κ3) is 6.59. The van der Waals surface area contributed by atoms with Crippen LogP contribution in [0.25, 0.3) is 0 Å². The number of hydrogen-bond donors (Lipinski definition) is 1. The Balaban J connectivity index is 1.43. The molecule has 2 saturated heterocycles. The van der Waals surface area contributed by atoms with Crippen LogP contribution in [0, 0.1) is 5.92 Å². The van der Waals surface area contributed by atoms with Crippen molar-refractivity contribution in [2.24, 2.45) is 5.92 Å². The van der Waals surface area contributed by atoms with Gasteiger partial charge in [-0.3, -0.25) is 9.59 Å². The molecule has 2 aliphatic rings. The van der Waals surface area contributed by atoms with E-state index in [4.69, 9.17) is 0 Å². The van der Waals surface area contributed by atoms with Crippen molar-refractivity contribution in [3.8, 4) is 0 Å². The Labute approximate surface area is 255 Å². The molecule has 1 unspecified atom stereocenters. The van der Waals surface area contributed by atoms with Gasteiger partial charge in [0, 0.05) is 25.6 Å². The molecule has 0 aromatic heterocycles. The maximum Gasteiger partial charge on any atom is 0.334 e. The first-order valence-electron chi connectivity index (χ1n) is 15.5. The highest BCUT2D eigenvalue weighted by Gasteiger charge is 2.52. The van der Waals surface area contributed by atoms with Crippen LogP contribution in [-0.4, -0.2) is 76.0 Å². The Morgan fingerprint density at radius 1 is 0.884 bits per heavy atom. The molecule has 0 spiro atoms. The zero-order valence-corrected chi connectivity index (χ0v) is 25.4. The van der Waals surface area contributed by atoms with Crippen LogP contribution in [0.4, 0.5) is 4.79 Å². The van der Waals surface area contributed by atoms with E-state index in [0.29, 0.717) is 19.6 Å². The first-order chi connectivity index (χ1) is 20.9. The van der Waals surface area contributed by atoms with E-state index in [1.54, 1.807) is 9.91 Å². The summed E-state index contributed by atoms with van der Waals surface area (Å²) in [4.78, 5) is 45.2. The van der Waals surface area contributed by atoms with E-state index >= 15 is 0 Å². The fourth-order valence-corrected chi connectivity index (χ4v) is 6.39. The minimum atomic E-state index is -0.619. The number of nitrogens with zero attached hydrogens (tertiary/aromatic N) is 4. The number of piperazine rings is 1. The molecule has 8 nitrogen and oxygen atoms in total. The summed E-state index contributed by atoms with van der Waals surface area (Å²) >= 11 is 0. The highest BCUT2D eigenvalue weighted by molar-refractivity contribution is 5.91. The first kappa shape index (κ1) is 30.3. The van der Waals surface area contributed by atoms with Crippen LogP contribution in [0.2, 0.25) is 0 Å². The molecule has 3 atom stereocenters. The number of rotatable bonds is 10. The van der Waals surface area contributed by atoms with E-state index in [2.05, 4.69) is 29.6 Å². The van der Waals surface area contributed by atoms with Gasteiger partial charge in [0.15, 0.2) is 0 Å². The molecule has 3 aromatic rings. The largest absolute Gasteiger partial charge is 0.337 e. The lowest BCUT2D eigenvalue weighted by molar-refractivity contribution is -0.193. The maximum absolute atomic E-state index is 14.1. The Kier molecular flexibility index (Phi) is 9.77. The van der Waals surface area contributed by atoms with Crippen molar-refractivity contribution in [1.82, 2.24) is 25.1 Å². The van der Waals surface area contributed by atoms with Gasteiger partial charge >= 0.3 is 6.03 Å². The number of benzene rings is 3. The number of hydrazine groups is 1. The van der Waals surface area contributed by atoms with Crippen molar-refractivity contribution < 1.29 is 14.4 Å². The smallest absolute Gasteiger partial charge is 0.334 e. The number of hydrogen-bond acceptors (Lipinski definition) is 4. The summed E-state index contributed by atoms with van der Waals surface area (Å²) in [5, 5.41) is 6.56. The summed E-state index contributed by atoms with van der Waals surface area (Å²) in [6.45, 7) is 7.75. The van der Waals surface area contributed by atoms with Gasteiger partial charge in [0.05, 0.1) is 13.1 Å². The summed E-state index contributed by atoms with van der Waals surface area (Å²) < 4.78 is 0. The molecular weight excluding hydrogens is 538 g/mol. The van der Waals surface area contributed by atoms with Gasteiger partial charge in [-0.25, -0.2) is 14.8 Å². The minimum Gasteiger partial charge on any atom is -0.337 e. The highest BCUT2D eigenvalue weighted by Crippen LogP contribution is 2.33. The van der Waals surface area contributed by atoms with Crippen molar-refractivity contribution in [3.05, 3.63) is 108 Å². The van der Waals surface area contributed by atoms with Gasteiger partial charge in [0.2, 0.25) is 11.8 Å². The lowest BCUT2D eigenvalue weighted by Gasteiger charge is -2.56. The van der Waals surface area contributed by atoms with Gasteiger partial charge in [0.1, 0.15) is 12.2 Å². The van der Waals surface area contributed by atoms with Crippen molar-refractivity contribution in [2.75, 3.05) is 26.2 Å². The zero-order chi connectivity index (χ0) is 30.3. The molecule has 43 heavy (non-hydrogen) atoms. The summed E-state index contributed by atoms with van der Waals surface area (Å²) in [7, 11) is 0. The zero-order valence-electron chi connectivity index (χ0n) is 25.4. The molecule has 0 aliphatic carbocycles. The number of carbonyl (C=O) groups is 3. The molecule has 4 amide bonds. The lowest BCUT2D eigenvalue weighted by Crippen LogP contribution is -2.77. The Hall–Kier alpha value is -4.17. The van der Waals surface area contributed by atoms with Gasteiger partial charge in [-0.1, -0.05) is 118 Å². The number of carbonyl (C=O) groups excluding carboxylic acids is 3. The van der Waals surface area contributed by atoms with Crippen LogP contribution in [0.1, 0.15) is 56.2 Å². The molecule has 0 bridgehead atoms. The van der Waals surface area contributed by atoms with Crippen LogP contribution in [0.5, 0.6) is 0 Å². The van der Waals surface area contributed by atoms with E-state index < -0.39 is 12.2 Å². The predicted octanol–water partition coefficient (Wildman–Crippen LogP) is 5.08. The molecule has 1 N–H and O–H groups in total. The second-order valence-corrected chi connectivity index (χ2v) is 11.5. The monoisotopic (exact) mass is 581 g/mol. The van der Waals surface area contributed by atoms with Crippen LogP contribution >= 0.6 is 0 Å². The minimum absolute atomic E-state index is 0.0339. The number of amides is 4. The molecule has 5 rings (SSSR count). The average molecular weight is 582 g/mol. The van der Waals surface area contributed by atoms with Crippen LogP contribution in [0.3, 0.4) is 0 Å². The van der Waals surface area contributed by atoms with Gasteiger partial charge in [-0.15, -0.1) is 0 Å². The summed E-state index contributed by atoms with van der Waals surface area (Å²) in [5.74, 6) is -0.0824. The molecule has 2 fully saturated rings. The fourth-order valence-electron chi connectivity index (χ4n) is 6.39. The van der Waals surface area contributed by atoms with Crippen molar-refractivity contribution >= 4 is 17.8 Å². The summed E-state index contributed by atoms with van der Waals surface area (Å²) in [5.41, 5.74) is 3.39. The lowest BCUT2D eigenvalue weighted by atomic mass is 9.87. The quantitative estimate of drug-likeness (QED) is 0.362. The predicted molar refractivity (Wildman–Crippen MR) is 168 cm³/mol. The highest BCUT2D eigenvalue weighted by atomic mass is 16.2. The van der Waals surface area contributed by atoms with E-state index in [-0.39, 0.29) is 42.8 Å². The molecule has 0 radical (unpaired) electrons. The molecule has 2 heterocycles. The second-order valence-electron chi connectivity index (χ2n) is 11.5. The Bertz CT molecular complexity index is 1330. The Morgan fingerprint density at radius 2 is 1.47 bits per heavy atom. The van der Waals surface area contributed by atoms with Gasteiger partial charge in [0.25, 0.3) is 0 Å². The molecule has 3 aromatic carbocycles. The summed E-state index contributed by atoms with van der Waals surface area (Å²) in [6.07, 6.45) is 0.890.